The van der Waals surface area contributed by atoms with Crippen LogP contribution in [0.5, 0.6) is 0 Å². The van der Waals surface area contributed by atoms with Gasteiger partial charge in [0.25, 0.3) is 11.5 Å². The fourth-order valence-corrected chi connectivity index (χ4v) is 2.97. The van der Waals surface area contributed by atoms with Gasteiger partial charge in [-0.3, -0.25) is 14.9 Å². The van der Waals surface area contributed by atoms with Crippen molar-refractivity contribution in [3.05, 3.63) is 82.1 Å². The zero-order chi connectivity index (χ0) is 25.1. The maximum atomic E-state index is 13.2. The molecular weight excluding hydrogens is 451 g/mol. The van der Waals surface area contributed by atoms with Crippen molar-refractivity contribution in [2.24, 2.45) is 0 Å². The molecular formula is C24H22F3N3O4. The van der Waals surface area contributed by atoms with Gasteiger partial charge < -0.3 is 15.0 Å². The van der Waals surface area contributed by atoms with Crippen LogP contribution in [-0.4, -0.2) is 22.6 Å². The topological polar surface area (TPSA) is 100 Å². The van der Waals surface area contributed by atoms with E-state index in [1.54, 1.807) is 51.1 Å². The Morgan fingerprint density at radius 2 is 1.56 bits per heavy atom. The van der Waals surface area contributed by atoms with Crippen LogP contribution in [0, 0.1) is 0 Å². The van der Waals surface area contributed by atoms with Gasteiger partial charge >= 0.3 is 12.3 Å². The second-order valence-electron chi connectivity index (χ2n) is 8.32. The Morgan fingerprint density at radius 3 is 2.15 bits per heavy atom. The van der Waals surface area contributed by atoms with E-state index in [4.69, 9.17) is 4.74 Å². The molecule has 2 aromatic carbocycles. The van der Waals surface area contributed by atoms with E-state index in [9.17, 15) is 27.6 Å². The summed E-state index contributed by atoms with van der Waals surface area (Å²) in [5.41, 5.74) is -2.25. The van der Waals surface area contributed by atoms with Crippen molar-refractivity contribution in [2.45, 2.75) is 32.5 Å². The fraction of sp³-hybridized carbons (Fsp3) is 0.208. The van der Waals surface area contributed by atoms with Crippen LogP contribution in [0.1, 0.15) is 36.7 Å². The molecule has 1 aromatic heterocycles. The van der Waals surface area contributed by atoms with Crippen LogP contribution in [0.2, 0.25) is 0 Å². The highest BCUT2D eigenvalue weighted by atomic mass is 19.4. The number of anilines is 2. The van der Waals surface area contributed by atoms with Crippen LogP contribution in [0.15, 0.2) is 65.5 Å². The molecule has 10 heteroatoms. The van der Waals surface area contributed by atoms with Crippen LogP contribution in [0.25, 0.3) is 11.3 Å². The van der Waals surface area contributed by atoms with Crippen molar-refractivity contribution >= 4 is 23.4 Å². The minimum atomic E-state index is -4.70. The summed E-state index contributed by atoms with van der Waals surface area (Å²) in [5, 5.41) is 4.60. The number of rotatable bonds is 4. The zero-order valence-corrected chi connectivity index (χ0v) is 18.5. The maximum absolute atomic E-state index is 13.2. The number of amides is 2. The van der Waals surface area contributed by atoms with E-state index < -0.39 is 34.9 Å². The van der Waals surface area contributed by atoms with Gasteiger partial charge in [0.2, 0.25) is 0 Å². The number of H-pyrrole nitrogens is 1. The van der Waals surface area contributed by atoms with Crippen LogP contribution >= 0.6 is 0 Å². The molecule has 0 aliphatic rings. The molecule has 3 aromatic rings. The van der Waals surface area contributed by atoms with E-state index >= 15 is 0 Å². The predicted octanol–water partition coefficient (Wildman–Crippen LogP) is 5.66. The molecule has 0 radical (unpaired) electrons. The molecule has 0 spiro atoms. The maximum Gasteiger partial charge on any atom is 0.416 e. The molecule has 0 atom stereocenters. The van der Waals surface area contributed by atoms with Crippen LogP contribution in [0.4, 0.5) is 29.3 Å². The molecule has 2 amide bonds. The molecule has 0 aliphatic heterocycles. The van der Waals surface area contributed by atoms with E-state index in [0.717, 1.165) is 12.1 Å². The number of carbonyl (C=O) groups is 2. The summed E-state index contributed by atoms with van der Waals surface area (Å²) in [7, 11) is 0. The summed E-state index contributed by atoms with van der Waals surface area (Å²) in [6, 6.07) is 14.1. The number of benzene rings is 2. The number of halogens is 3. The number of nitrogens with one attached hydrogen (secondary N) is 3. The number of hydrogen-bond acceptors (Lipinski definition) is 4. The SMILES string of the molecule is CC(C)(C)OC(=O)Nc1ccc(C(F)(F)F)cc1NC(=O)c1ccc(-c2ccccc2)[nH]c1=O. The number of ether oxygens (including phenoxy) is 1. The number of hydrogen-bond donors (Lipinski definition) is 3. The molecule has 178 valence electrons. The average molecular weight is 473 g/mol. The normalized spacial score (nSPS) is 11.6. The van der Waals surface area contributed by atoms with Crippen molar-refractivity contribution in [3.63, 3.8) is 0 Å². The third kappa shape index (κ3) is 6.25. The first-order valence-electron chi connectivity index (χ1n) is 10.1. The Morgan fingerprint density at radius 1 is 0.882 bits per heavy atom. The van der Waals surface area contributed by atoms with Gasteiger partial charge in [-0.05, 0) is 56.7 Å². The first-order valence-corrected chi connectivity index (χ1v) is 10.1. The monoisotopic (exact) mass is 473 g/mol. The Hall–Kier alpha value is -4.08. The Bertz CT molecular complexity index is 1260. The molecule has 0 saturated heterocycles. The molecule has 3 rings (SSSR count). The van der Waals surface area contributed by atoms with Crippen molar-refractivity contribution in [3.8, 4) is 11.3 Å². The summed E-state index contributed by atoms with van der Waals surface area (Å²) < 4.78 is 44.8. The molecule has 0 unspecified atom stereocenters. The highest BCUT2D eigenvalue weighted by Crippen LogP contribution is 2.34. The van der Waals surface area contributed by atoms with Gasteiger partial charge in [0, 0.05) is 5.69 Å². The number of pyridine rings is 1. The van der Waals surface area contributed by atoms with Crippen molar-refractivity contribution in [2.75, 3.05) is 10.6 Å². The lowest BCUT2D eigenvalue weighted by atomic mass is 10.1. The lowest BCUT2D eigenvalue weighted by molar-refractivity contribution is -0.137. The standard InChI is InChI=1S/C24H22F3N3O4/c1-23(2,3)34-22(33)30-18-11-9-15(24(25,26)27)13-19(18)29-21(32)16-10-12-17(28-20(16)31)14-7-5-4-6-8-14/h4-13H,1-3H3,(H,28,31)(H,29,32)(H,30,33). The molecule has 7 nitrogen and oxygen atoms in total. The smallest absolute Gasteiger partial charge is 0.416 e. The number of alkyl halides is 3. The van der Waals surface area contributed by atoms with E-state index in [2.05, 4.69) is 15.6 Å². The van der Waals surface area contributed by atoms with Crippen molar-refractivity contribution in [1.29, 1.82) is 0 Å². The summed E-state index contributed by atoms with van der Waals surface area (Å²) in [5.74, 6) is -0.951. The zero-order valence-electron chi connectivity index (χ0n) is 18.5. The van der Waals surface area contributed by atoms with Crippen molar-refractivity contribution in [1.82, 2.24) is 4.98 Å². The fourth-order valence-electron chi connectivity index (χ4n) is 2.97. The summed E-state index contributed by atoms with van der Waals surface area (Å²) >= 11 is 0. The lowest BCUT2D eigenvalue weighted by Crippen LogP contribution is -2.28. The van der Waals surface area contributed by atoms with E-state index in [1.807, 2.05) is 0 Å². The minimum absolute atomic E-state index is 0.132. The van der Waals surface area contributed by atoms with E-state index in [0.29, 0.717) is 17.3 Å². The molecule has 3 N–H and O–H groups in total. The number of aromatic nitrogens is 1. The van der Waals surface area contributed by atoms with Gasteiger partial charge in [0.05, 0.1) is 16.9 Å². The summed E-state index contributed by atoms with van der Waals surface area (Å²) in [6.07, 6.45) is -5.62. The summed E-state index contributed by atoms with van der Waals surface area (Å²) in [4.78, 5) is 40.0. The molecule has 0 bridgehead atoms. The third-order valence-electron chi connectivity index (χ3n) is 4.47. The Kier molecular flexibility index (Phi) is 6.80. The first-order chi connectivity index (χ1) is 15.8. The second-order valence-corrected chi connectivity index (χ2v) is 8.32. The second kappa shape index (κ2) is 9.42. The first kappa shape index (κ1) is 24.6. The molecule has 34 heavy (non-hydrogen) atoms. The van der Waals surface area contributed by atoms with E-state index in [1.165, 1.54) is 12.1 Å². The molecule has 1 heterocycles. The van der Waals surface area contributed by atoms with Crippen molar-refractivity contribution < 1.29 is 27.5 Å². The number of aromatic amines is 1. The van der Waals surface area contributed by atoms with Crippen LogP contribution in [-0.2, 0) is 10.9 Å². The lowest BCUT2D eigenvalue weighted by Gasteiger charge is -2.21. The van der Waals surface area contributed by atoms with Gasteiger partial charge in [0.15, 0.2) is 0 Å². The average Bonchev–Trinajstić information content (AvgIpc) is 2.73. The molecule has 0 aliphatic carbocycles. The Balaban J connectivity index is 1.91. The third-order valence-corrected chi connectivity index (χ3v) is 4.47. The highest BCUT2D eigenvalue weighted by Gasteiger charge is 2.31. The highest BCUT2D eigenvalue weighted by molar-refractivity contribution is 6.06. The largest absolute Gasteiger partial charge is 0.444 e. The van der Waals surface area contributed by atoms with Crippen LogP contribution in [0.3, 0.4) is 0 Å². The minimum Gasteiger partial charge on any atom is -0.444 e. The van der Waals surface area contributed by atoms with Crippen LogP contribution < -0.4 is 16.2 Å². The van der Waals surface area contributed by atoms with Gasteiger partial charge in [-0.25, -0.2) is 4.79 Å². The summed E-state index contributed by atoms with van der Waals surface area (Å²) in [6.45, 7) is 4.86. The van der Waals surface area contributed by atoms with Gasteiger partial charge in [0.1, 0.15) is 11.2 Å². The predicted molar refractivity (Wildman–Crippen MR) is 122 cm³/mol. The van der Waals surface area contributed by atoms with Gasteiger partial charge in [-0.15, -0.1) is 0 Å². The molecule has 0 fully saturated rings. The number of carbonyl (C=O) groups excluding carboxylic acids is 2. The molecule has 0 saturated carbocycles. The van der Waals surface area contributed by atoms with Gasteiger partial charge in [-0.2, -0.15) is 13.2 Å². The van der Waals surface area contributed by atoms with E-state index in [-0.39, 0.29) is 16.9 Å². The van der Waals surface area contributed by atoms with Gasteiger partial charge in [-0.1, -0.05) is 30.3 Å². The quantitative estimate of drug-likeness (QED) is 0.455. The Labute approximate surface area is 193 Å².